The third kappa shape index (κ3) is 4.87. The molecule has 9 nitrogen and oxygen atoms in total. The summed E-state index contributed by atoms with van der Waals surface area (Å²) in [5, 5.41) is 20.1. The van der Waals surface area contributed by atoms with Crippen molar-refractivity contribution in [3.63, 3.8) is 0 Å². The first-order valence-electron chi connectivity index (χ1n) is 10.8. The number of nitrogens with zero attached hydrogens (tertiary/aromatic N) is 3. The fraction of sp³-hybridized carbons (Fsp3) is 0.292. The number of carbonyl (C=O) groups is 1. The molecular weight excluding hydrogens is 549 g/mol. The summed E-state index contributed by atoms with van der Waals surface area (Å²) in [5.74, 6) is 2.03. The summed E-state index contributed by atoms with van der Waals surface area (Å²) in [6.07, 6.45) is 1.08. The molecule has 10 heteroatoms. The Bertz CT molecular complexity index is 1220. The van der Waals surface area contributed by atoms with Crippen LogP contribution in [0.25, 0.3) is 0 Å². The number of fused-ring (bicyclic) bond motifs is 1. The molecule has 1 amide bonds. The zero-order valence-corrected chi connectivity index (χ0v) is 21.3. The lowest BCUT2D eigenvalue weighted by Gasteiger charge is -2.29. The van der Waals surface area contributed by atoms with E-state index in [1.54, 1.807) is 18.9 Å². The first kappa shape index (κ1) is 24.0. The number of hydrogen-bond acceptors (Lipinski definition) is 7. The average molecular weight is 575 g/mol. The number of amides is 1. The van der Waals surface area contributed by atoms with Crippen LogP contribution in [0.1, 0.15) is 30.8 Å². The van der Waals surface area contributed by atoms with Gasteiger partial charge in [-0.05, 0) is 77.9 Å². The van der Waals surface area contributed by atoms with E-state index in [4.69, 9.17) is 9.47 Å². The van der Waals surface area contributed by atoms with Crippen LogP contribution in [-0.2, 0) is 11.2 Å². The number of aliphatic hydroxyl groups excluding tert-OH is 1. The van der Waals surface area contributed by atoms with Gasteiger partial charge in [-0.15, -0.1) is 0 Å². The van der Waals surface area contributed by atoms with E-state index >= 15 is 0 Å². The van der Waals surface area contributed by atoms with E-state index in [9.17, 15) is 9.90 Å². The maximum Gasteiger partial charge on any atom is 0.255 e. The molecule has 1 aliphatic rings. The summed E-state index contributed by atoms with van der Waals surface area (Å²) < 4.78 is 13.7. The molecule has 3 N–H and O–H groups in total. The number of aliphatic hydroxyl groups is 1. The summed E-state index contributed by atoms with van der Waals surface area (Å²) in [6, 6.07) is 12.6. The highest BCUT2D eigenvalue weighted by Gasteiger charge is 2.34. The highest BCUT2D eigenvalue weighted by atomic mass is 127. The zero-order chi connectivity index (χ0) is 24.2. The Hall–Kier alpha value is -3.12. The van der Waals surface area contributed by atoms with E-state index < -0.39 is 6.04 Å². The van der Waals surface area contributed by atoms with Crippen LogP contribution in [-0.4, -0.2) is 46.6 Å². The van der Waals surface area contributed by atoms with Crippen molar-refractivity contribution in [2.75, 3.05) is 31.5 Å². The summed E-state index contributed by atoms with van der Waals surface area (Å²) >= 11 is 2.22. The maximum absolute atomic E-state index is 13.6. The van der Waals surface area contributed by atoms with Gasteiger partial charge < -0.3 is 25.2 Å². The van der Waals surface area contributed by atoms with E-state index in [0.717, 1.165) is 9.13 Å². The minimum Gasteiger partial charge on any atom is -0.493 e. The first-order chi connectivity index (χ1) is 16.4. The number of ether oxygens (including phenoxy) is 2. The number of methoxy groups -OCH3 is 2. The van der Waals surface area contributed by atoms with Crippen molar-refractivity contribution in [3.05, 3.63) is 68.7 Å². The lowest BCUT2D eigenvalue weighted by molar-refractivity contribution is -0.113. The SMILES string of the molecule is COc1ccc([C@H]2C(C(=O)Nc3ccc(I)cc3)=C(C)Nc3nc(CCCO)nn32)cc1OC. The number of benzene rings is 2. The molecule has 4 rings (SSSR count). The molecule has 1 atom stereocenters. The molecule has 2 heterocycles. The molecule has 0 spiro atoms. The monoisotopic (exact) mass is 575 g/mol. The topological polar surface area (TPSA) is 111 Å². The minimum atomic E-state index is -0.546. The predicted molar refractivity (Wildman–Crippen MR) is 137 cm³/mol. The van der Waals surface area contributed by atoms with Crippen LogP contribution in [0.3, 0.4) is 0 Å². The van der Waals surface area contributed by atoms with Crippen molar-refractivity contribution in [3.8, 4) is 11.5 Å². The van der Waals surface area contributed by atoms with Gasteiger partial charge in [0.2, 0.25) is 5.95 Å². The van der Waals surface area contributed by atoms with E-state index in [1.165, 1.54) is 0 Å². The fourth-order valence-corrected chi connectivity index (χ4v) is 4.25. The molecule has 0 unspecified atom stereocenters. The molecule has 1 aliphatic heterocycles. The lowest BCUT2D eigenvalue weighted by Crippen LogP contribution is -2.31. The van der Waals surface area contributed by atoms with Gasteiger partial charge in [0.15, 0.2) is 17.3 Å². The highest BCUT2D eigenvalue weighted by molar-refractivity contribution is 14.1. The Kier molecular flexibility index (Phi) is 7.37. The molecule has 0 aliphatic carbocycles. The van der Waals surface area contributed by atoms with Crippen LogP contribution < -0.4 is 20.1 Å². The van der Waals surface area contributed by atoms with Gasteiger partial charge in [-0.25, -0.2) is 4.68 Å². The molecule has 0 bridgehead atoms. The summed E-state index contributed by atoms with van der Waals surface area (Å²) in [4.78, 5) is 18.1. The van der Waals surface area contributed by atoms with Gasteiger partial charge >= 0.3 is 0 Å². The second-order valence-electron chi connectivity index (χ2n) is 7.77. The molecule has 3 aromatic rings. The molecule has 34 heavy (non-hydrogen) atoms. The van der Waals surface area contributed by atoms with Crippen molar-refractivity contribution < 1.29 is 19.4 Å². The van der Waals surface area contributed by atoms with Gasteiger partial charge in [-0.1, -0.05) is 6.07 Å². The maximum atomic E-state index is 13.6. The largest absolute Gasteiger partial charge is 0.493 e. The third-order valence-electron chi connectivity index (χ3n) is 5.52. The van der Waals surface area contributed by atoms with Crippen LogP contribution in [0, 0.1) is 3.57 Å². The van der Waals surface area contributed by atoms with Gasteiger partial charge in [-0.2, -0.15) is 10.1 Å². The number of hydrogen-bond donors (Lipinski definition) is 3. The van der Waals surface area contributed by atoms with Crippen LogP contribution in [0.2, 0.25) is 0 Å². The quantitative estimate of drug-likeness (QED) is 0.351. The molecule has 0 saturated carbocycles. The summed E-state index contributed by atoms with van der Waals surface area (Å²) in [6.45, 7) is 1.90. The molecular formula is C24H26IN5O4. The second kappa shape index (κ2) is 10.4. The van der Waals surface area contributed by atoms with Gasteiger partial charge in [0.25, 0.3) is 5.91 Å². The number of anilines is 2. The number of nitrogens with one attached hydrogen (secondary N) is 2. The number of allylic oxidation sites excluding steroid dienone is 1. The van der Waals surface area contributed by atoms with Crippen molar-refractivity contribution in [1.29, 1.82) is 0 Å². The normalized spacial score (nSPS) is 14.9. The summed E-state index contributed by atoms with van der Waals surface area (Å²) in [5.41, 5.74) is 2.68. The van der Waals surface area contributed by atoms with Gasteiger partial charge in [-0.3, -0.25) is 4.79 Å². The smallest absolute Gasteiger partial charge is 0.255 e. The van der Waals surface area contributed by atoms with E-state index in [1.807, 2.05) is 49.4 Å². The van der Waals surface area contributed by atoms with Gasteiger partial charge in [0, 0.05) is 28.0 Å². The first-order valence-corrected chi connectivity index (χ1v) is 11.9. The standard InChI is InChI=1S/C24H26IN5O4/c1-14-21(23(32)27-17-9-7-16(25)8-10-17)22(15-6-11-18(33-2)19(13-15)34-3)30-24(26-14)28-20(29-30)5-4-12-31/h6-11,13,22,31H,4-5,12H2,1-3H3,(H,27,32)(H,26,28,29)/t22-/m0/s1. The molecule has 0 radical (unpaired) electrons. The van der Waals surface area contributed by atoms with Crippen LogP contribution in [0.4, 0.5) is 11.6 Å². The third-order valence-corrected chi connectivity index (χ3v) is 6.24. The van der Waals surface area contributed by atoms with Crippen LogP contribution >= 0.6 is 22.6 Å². The molecule has 178 valence electrons. The van der Waals surface area contributed by atoms with Gasteiger partial charge in [0.1, 0.15) is 6.04 Å². The van der Waals surface area contributed by atoms with Crippen LogP contribution in [0.5, 0.6) is 11.5 Å². The van der Waals surface area contributed by atoms with Crippen molar-refractivity contribution in [2.24, 2.45) is 0 Å². The lowest BCUT2D eigenvalue weighted by atomic mass is 9.94. The van der Waals surface area contributed by atoms with Gasteiger partial charge in [0.05, 0.1) is 19.8 Å². The van der Waals surface area contributed by atoms with E-state index in [-0.39, 0.29) is 12.5 Å². The van der Waals surface area contributed by atoms with Crippen LogP contribution in [0.15, 0.2) is 53.7 Å². The van der Waals surface area contributed by atoms with Crippen molar-refractivity contribution in [2.45, 2.75) is 25.8 Å². The van der Waals surface area contributed by atoms with Crippen molar-refractivity contribution >= 4 is 40.1 Å². The molecule has 1 aromatic heterocycles. The van der Waals surface area contributed by atoms with Crippen molar-refractivity contribution in [1.82, 2.24) is 14.8 Å². The number of aromatic nitrogens is 3. The average Bonchev–Trinajstić information content (AvgIpc) is 3.24. The Labute approximate surface area is 211 Å². The number of carbonyl (C=O) groups excluding carboxylic acids is 1. The highest BCUT2D eigenvalue weighted by Crippen LogP contribution is 2.39. The second-order valence-corrected chi connectivity index (χ2v) is 9.01. The Morgan fingerprint density at radius 1 is 1.18 bits per heavy atom. The molecule has 0 fully saturated rings. The zero-order valence-electron chi connectivity index (χ0n) is 19.1. The Morgan fingerprint density at radius 3 is 2.59 bits per heavy atom. The number of aryl methyl sites for hydroxylation is 1. The van der Waals surface area contributed by atoms with E-state index in [0.29, 0.717) is 53.1 Å². The predicted octanol–water partition coefficient (Wildman–Crippen LogP) is 3.75. The fourth-order valence-electron chi connectivity index (χ4n) is 3.90. The summed E-state index contributed by atoms with van der Waals surface area (Å²) in [7, 11) is 3.15. The number of rotatable bonds is 8. The Morgan fingerprint density at radius 2 is 1.91 bits per heavy atom. The Balaban J connectivity index is 1.79. The number of halogens is 1. The molecule has 0 saturated heterocycles. The molecule has 2 aromatic carbocycles. The van der Waals surface area contributed by atoms with E-state index in [2.05, 4.69) is 43.3 Å². The minimum absolute atomic E-state index is 0.0529.